The molecule has 292 valence electrons. The Morgan fingerprint density at radius 3 is 1.94 bits per heavy atom. The lowest BCUT2D eigenvalue weighted by Crippen LogP contribution is -2.59. The van der Waals surface area contributed by atoms with E-state index in [2.05, 4.69) is 26.6 Å². The summed E-state index contributed by atoms with van der Waals surface area (Å²) in [5.74, 6) is -8.24. The summed E-state index contributed by atoms with van der Waals surface area (Å²) in [6.07, 6.45) is 1.12. The van der Waals surface area contributed by atoms with Gasteiger partial charge in [0.15, 0.2) is 6.04 Å². The van der Waals surface area contributed by atoms with Crippen molar-refractivity contribution in [1.29, 1.82) is 0 Å². The highest BCUT2D eigenvalue weighted by Crippen LogP contribution is 2.22. The van der Waals surface area contributed by atoms with Crippen LogP contribution in [0.4, 0.5) is 0 Å². The number of carboxylic acids is 2. The van der Waals surface area contributed by atoms with Crippen molar-refractivity contribution in [3.63, 3.8) is 0 Å². The standard InChI is InChI=1S/C37H47N5O11S/c1-4-10-26(31(44)35(48)38-20-28(43)41-30(37(51)52)22-11-6-5-7-12-22)39-33(46)27(19-21(2)3)40-34(47)29(23-15-17-54(53)18-16-23)42-32(45)24-13-8-9-14-25(24)36(49)50/h5-9,11-14,21,23,26-27,29-30H,4,10,15-20H2,1-3H3,(H,38,48)(H,39,46)(H,40,47)(H,41,43)(H,42,45)(H,49,50)(H,51,52)/t23?,26-,27+,29+,30+,54?/m1/s1. The highest BCUT2D eigenvalue weighted by atomic mass is 32.2. The van der Waals surface area contributed by atoms with E-state index in [-0.39, 0.29) is 41.4 Å². The lowest BCUT2D eigenvalue weighted by atomic mass is 9.91. The average molecular weight is 770 g/mol. The second-order valence-corrected chi connectivity index (χ2v) is 15.0. The predicted molar refractivity (Wildman–Crippen MR) is 196 cm³/mol. The van der Waals surface area contributed by atoms with Crippen LogP contribution in [-0.2, 0) is 39.6 Å². The monoisotopic (exact) mass is 769 g/mol. The Morgan fingerprint density at radius 2 is 1.37 bits per heavy atom. The zero-order valence-electron chi connectivity index (χ0n) is 30.3. The molecule has 0 radical (unpaired) electrons. The number of nitrogens with one attached hydrogen (secondary N) is 5. The van der Waals surface area contributed by atoms with E-state index in [9.17, 15) is 52.8 Å². The van der Waals surface area contributed by atoms with Crippen molar-refractivity contribution in [2.45, 2.75) is 77.0 Å². The van der Waals surface area contributed by atoms with Crippen LogP contribution in [0.3, 0.4) is 0 Å². The van der Waals surface area contributed by atoms with Crippen molar-refractivity contribution in [3.05, 3.63) is 71.3 Å². The molecule has 5 amide bonds. The number of carbonyl (C=O) groups is 8. The van der Waals surface area contributed by atoms with Gasteiger partial charge in [0.2, 0.25) is 23.5 Å². The van der Waals surface area contributed by atoms with Crippen LogP contribution in [0, 0.1) is 11.8 Å². The van der Waals surface area contributed by atoms with Gasteiger partial charge in [0.1, 0.15) is 12.1 Å². The number of hydrogen-bond donors (Lipinski definition) is 7. The Labute approximate surface area is 315 Å². The zero-order valence-corrected chi connectivity index (χ0v) is 31.1. The van der Waals surface area contributed by atoms with Crippen molar-refractivity contribution >= 4 is 58.1 Å². The lowest BCUT2D eigenvalue weighted by molar-refractivity contribution is -0.142. The summed E-state index contributed by atoms with van der Waals surface area (Å²) in [5.41, 5.74) is -0.154. The molecule has 1 aliphatic rings. The van der Waals surface area contributed by atoms with E-state index in [0.29, 0.717) is 24.8 Å². The molecule has 2 aromatic carbocycles. The number of aliphatic carboxylic acids is 1. The summed E-state index contributed by atoms with van der Waals surface area (Å²) < 4.78 is 12.1. The van der Waals surface area contributed by atoms with Crippen molar-refractivity contribution < 1.29 is 52.8 Å². The molecule has 0 aromatic heterocycles. The Bertz CT molecular complexity index is 1730. The molecule has 0 spiro atoms. The highest BCUT2D eigenvalue weighted by Gasteiger charge is 2.37. The van der Waals surface area contributed by atoms with Crippen LogP contribution in [0.5, 0.6) is 0 Å². The number of carboxylic acid groups (broad SMARTS) is 2. The molecule has 1 saturated heterocycles. The normalized spacial score (nSPS) is 17.5. The summed E-state index contributed by atoms with van der Waals surface area (Å²) in [5, 5.41) is 31.5. The van der Waals surface area contributed by atoms with E-state index >= 15 is 0 Å². The zero-order chi connectivity index (χ0) is 39.9. The molecule has 16 nitrogen and oxygen atoms in total. The number of rotatable bonds is 19. The number of carbonyl (C=O) groups excluding carboxylic acids is 6. The molecule has 2 aromatic rings. The number of benzene rings is 2. The second-order valence-electron chi connectivity index (χ2n) is 13.3. The predicted octanol–water partition coefficient (Wildman–Crippen LogP) is 1.09. The van der Waals surface area contributed by atoms with Crippen LogP contribution >= 0.6 is 0 Å². The molecule has 1 fully saturated rings. The first kappa shape index (κ1) is 43.0. The van der Waals surface area contributed by atoms with E-state index < -0.39 is 94.7 Å². The van der Waals surface area contributed by atoms with Gasteiger partial charge in [-0.1, -0.05) is 69.7 Å². The van der Waals surface area contributed by atoms with Crippen LogP contribution in [-0.4, -0.2) is 97.9 Å². The van der Waals surface area contributed by atoms with Crippen LogP contribution in [0.1, 0.15) is 85.2 Å². The van der Waals surface area contributed by atoms with Gasteiger partial charge in [-0.2, -0.15) is 0 Å². The van der Waals surface area contributed by atoms with Crippen LogP contribution in [0.15, 0.2) is 54.6 Å². The minimum Gasteiger partial charge on any atom is -0.479 e. The maximum Gasteiger partial charge on any atom is 0.336 e. The minimum atomic E-state index is -1.40. The first-order chi connectivity index (χ1) is 25.6. The third-order valence-electron chi connectivity index (χ3n) is 8.74. The van der Waals surface area contributed by atoms with Crippen molar-refractivity contribution in [1.82, 2.24) is 26.6 Å². The van der Waals surface area contributed by atoms with Crippen LogP contribution < -0.4 is 26.6 Å². The van der Waals surface area contributed by atoms with Gasteiger partial charge < -0.3 is 36.8 Å². The Hall–Kier alpha value is -5.45. The van der Waals surface area contributed by atoms with Crippen LogP contribution in [0.25, 0.3) is 0 Å². The second kappa shape index (κ2) is 20.7. The Balaban J connectivity index is 1.74. The third kappa shape index (κ3) is 12.6. The molecule has 1 aliphatic heterocycles. The summed E-state index contributed by atoms with van der Waals surface area (Å²) in [4.78, 5) is 103. The Morgan fingerprint density at radius 1 is 0.778 bits per heavy atom. The molecule has 1 heterocycles. The van der Waals surface area contributed by atoms with Gasteiger partial charge in [-0.05, 0) is 55.2 Å². The molecule has 3 rings (SSSR count). The van der Waals surface area contributed by atoms with Gasteiger partial charge >= 0.3 is 11.9 Å². The van der Waals surface area contributed by atoms with Crippen molar-refractivity contribution in [3.8, 4) is 0 Å². The lowest BCUT2D eigenvalue weighted by Gasteiger charge is -2.31. The largest absolute Gasteiger partial charge is 0.479 e. The number of Topliss-reactive ketones (excluding diaryl/α,β-unsaturated/α-hetero) is 1. The van der Waals surface area contributed by atoms with Gasteiger partial charge in [-0.3, -0.25) is 33.0 Å². The van der Waals surface area contributed by atoms with Crippen molar-refractivity contribution in [2.75, 3.05) is 18.1 Å². The van der Waals surface area contributed by atoms with E-state index in [0.717, 1.165) is 0 Å². The van der Waals surface area contributed by atoms with Gasteiger partial charge in [-0.25, -0.2) is 9.59 Å². The molecule has 4 atom stereocenters. The summed E-state index contributed by atoms with van der Waals surface area (Å²) in [7, 11) is -1.11. The number of aromatic carboxylic acids is 1. The Kier molecular flexibility index (Phi) is 16.5. The molecule has 7 N–H and O–H groups in total. The van der Waals surface area contributed by atoms with Gasteiger partial charge in [0.05, 0.1) is 23.7 Å². The third-order valence-corrected chi connectivity index (χ3v) is 10.1. The molecule has 0 aliphatic carbocycles. The van der Waals surface area contributed by atoms with Crippen molar-refractivity contribution in [2.24, 2.45) is 11.8 Å². The highest BCUT2D eigenvalue weighted by molar-refractivity contribution is 7.85. The van der Waals surface area contributed by atoms with E-state index in [1.165, 1.54) is 36.4 Å². The average Bonchev–Trinajstić information content (AvgIpc) is 3.14. The van der Waals surface area contributed by atoms with E-state index in [1.54, 1.807) is 39.0 Å². The fourth-order valence-electron chi connectivity index (χ4n) is 5.97. The number of amides is 5. The fourth-order valence-corrected chi connectivity index (χ4v) is 7.31. The molecule has 54 heavy (non-hydrogen) atoms. The molecule has 0 bridgehead atoms. The summed E-state index contributed by atoms with van der Waals surface area (Å²) in [6, 6.07) is 8.17. The van der Waals surface area contributed by atoms with Gasteiger partial charge in [0, 0.05) is 22.3 Å². The van der Waals surface area contributed by atoms with Gasteiger partial charge in [-0.15, -0.1) is 0 Å². The van der Waals surface area contributed by atoms with E-state index in [1.807, 2.05) is 0 Å². The van der Waals surface area contributed by atoms with E-state index in [4.69, 9.17) is 0 Å². The van der Waals surface area contributed by atoms with Gasteiger partial charge in [0.25, 0.3) is 11.8 Å². The topological polar surface area (TPSA) is 254 Å². The maximum atomic E-state index is 13.9. The SMILES string of the molecule is CCC[C@@H](NC(=O)[C@H](CC(C)C)NC(=O)[C@@H](NC(=O)c1ccccc1C(=O)O)C1CCS(=O)CC1)C(=O)C(=O)NCC(=O)N[C@H](C(=O)O)c1ccccc1. The molecule has 17 heteroatoms. The first-order valence-corrected chi connectivity index (χ1v) is 19.1. The molecule has 0 unspecified atom stereocenters. The fraction of sp³-hybridized carbons (Fsp3) is 0.459. The first-order valence-electron chi connectivity index (χ1n) is 17.6. The molecular weight excluding hydrogens is 722 g/mol. The van der Waals surface area contributed by atoms with Crippen LogP contribution in [0.2, 0.25) is 0 Å². The molecular formula is C37H47N5O11S. The molecule has 0 saturated carbocycles. The summed E-state index contributed by atoms with van der Waals surface area (Å²) >= 11 is 0. The summed E-state index contributed by atoms with van der Waals surface area (Å²) in [6.45, 7) is 4.59. The number of hydrogen-bond acceptors (Lipinski definition) is 9. The smallest absolute Gasteiger partial charge is 0.336 e. The quantitative estimate of drug-likeness (QED) is 0.0996. The number of ketones is 1. The maximum absolute atomic E-state index is 13.9. The minimum absolute atomic E-state index is 0.0303.